The lowest BCUT2D eigenvalue weighted by atomic mass is 9.80. The van der Waals surface area contributed by atoms with Crippen molar-refractivity contribution >= 4 is 11.9 Å². The van der Waals surface area contributed by atoms with Gasteiger partial charge >= 0.3 is 11.8 Å². The molecule has 0 radical (unpaired) electrons. The second-order valence-corrected chi connectivity index (χ2v) is 8.62. The molecule has 1 aromatic heterocycles. The highest BCUT2D eigenvalue weighted by Gasteiger charge is 2.38. The summed E-state index contributed by atoms with van der Waals surface area (Å²) in [7, 11) is 3.17. The number of rotatable bonds is 11. The summed E-state index contributed by atoms with van der Waals surface area (Å²) in [4.78, 5) is 27.3. The molecule has 1 heterocycles. The third kappa shape index (κ3) is 6.08. The van der Waals surface area contributed by atoms with Gasteiger partial charge in [-0.25, -0.2) is 14.6 Å². The lowest BCUT2D eigenvalue weighted by Gasteiger charge is -2.36. The second kappa shape index (κ2) is 12.2. The zero-order valence-corrected chi connectivity index (χ0v) is 21.5. The van der Waals surface area contributed by atoms with E-state index in [4.69, 9.17) is 19.3 Å². The van der Waals surface area contributed by atoms with Crippen LogP contribution in [-0.2, 0) is 16.9 Å². The Hall–Kier alpha value is -4.67. The van der Waals surface area contributed by atoms with E-state index in [-0.39, 0.29) is 19.0 Å². The molecule has 1 amide bonds. The van der Waals surface area contributed by atoms with Gasteiger partial charge in [-0.1, -0.05) is 54.6 Å². The van der Waals surface area contributed by atoms with E-state index in [9.17, 15) is 14.7 Å². The molecular formula is C29H29N3O7. The van der Waals surface area contributed by atoms with Crippen LogP contribution in [0.4, 0.5) is 10.6 Å². The summed E-state index contributed by atoms with van der Waals surface area (Å²) in [5.74, 6) is 1.33. The van der Waals surface area contributed by atoms with Crippen molar-refractivity contribution in [3.63, 3.8) is 0 Å². The van der Waals surface area contributed by atoms with Crippen LogP contribution in [0.15, 0.2) is 95.9 Å². The molecule has 0 unspecified atom stereocenters. The van der Waals surface area contributed by atoms with Crippen LogP contribution < -0.4 is 20.5 Å². The monoisotopic (exact) mass is 531 g/mol. The fourth-order valence-electron chi connectivity index (χ4n) is 4.39. The van der Waals surface area contributed by atoms with Gasteiger partial charge in [-0.15, -0.1) is 0 Å². The fraction of sp³-hybridized carbons (Fsp3) is 0.207. The highest BCUT2D eigenvalue weighted by atomic mass is 16.5. The lowest BCUT2D eigenvalue weighted by Crippen LogP contribution is -2.38. The van der Waals surface area contributed by atoms with Crippen LogP contribution in [0.1, 0.15) is 16.7 Å². The normalized spacial score (nSPS) is 12.0. The summed E-state index contributed by atoms with van der Waals surface area (Å²) >= 11 is 0. The van der Waals surface area contributed by atoms with E-state index >= 15 is 0 Å². The molecule has 0 fully saturated rings. The molecule has 4 aromatic rings. The molecule has 3 N–H and O–H groups in total. The second-order valence-electron chi connectivity index (χ2n) is 8.62. The summed E-state index contributed by atoms with van der Waals surface area (Å²) < 4.78 is 18.4. The quantitative estimate of drug-likeness (QED) is 0.250. The molecule has 10 nitrogen and oxygen atoms in total. The number of carboxylic acid groups (broad SMARTS) is 1. The van der Waals surface area contributed by atoms with Gasteiger partial charge in [0, 0.05) is 6.20 Å². The molecule has 0 saturated heterocycles. The Kier molecular flexibility index (Phi) is 8.60. The third-order valence-electron chi connectivity index (χ3n) is 6.23. The van der Waals surface area contributed by atoms with Crippen LogP contribution in [0.25, 0.3) is 0 Å². The zero-order chi connectivity index (χ0) is 27.8. The number of aromatic nitrogens is 2. The molecule has 1 atom stereocenters. The minimum Gasteiger partial charge on any atom is -0.497 e. The van der Waals surface area contributed by atoms with E-state index in [0.717, 1.165) is 21.3 Å². The van der Waals surface area contributed by atoms with E-state index in [1.807, 2.05) is 78.9 Å². The molecule has 0 aliphatic carbocycles. The Labute approximate surface area is 225 Å². The van der Waals surface area contributed by atoms with Crippen molar-refractivity contribution < 1.29 is 29.2 Å². The zero-order valence-electron chi connectivity index (χ0n) is 21.5. The number of nitrogens with one attached hydrogen (secondary N) is 1. The highest BCUT2D eigenvalue weighted by Crippen LogP contribution is 2.41. The first kappa shape index (κ1) is 27.4. The van der Waals surface area contributed by atoms with Crippen LogP contribution in [0, 0.1) is 0 Å². The van der Waals surface area contributed by atoms with Crippen LogP contribution in [0.5, 0.6) is 11.5 Å². The fourth-order valence-corrected chi connectivity index (χ4v) is 4.39. The Balaban J connectivity index is 1.76. The summed E-state index contributed by atoms with van der Waals surface area (Å²) in [5.41, 5.74) is 0.486. The van der Waals surface area contributed by atoms with Crippen molar-refractivity contribution in [2.24, 2.45) is 0 Å². The molecular weight excluding hydrogens is 502 g/mol. The van der Waals surface area contributed by atoms with Crippen LogP contribution in [0.3, 0.4) is 0 Å². The van der Waals surface area contributed by atoms with E-state index < -0.39 is 23.5 Å². The molecule has 0 aliphatic heterocycles. The predicted molar refractivity (Wildman–Crippen MR) is 144 cm³/mol. The van der Waals surface area contributed by atoms with Crippen molar-refractivity contribution in [1.29, 1.82) is 0 Å². The molecule has 0 bridgehead atoms. The van der Waals surface area contributed by atoms with Crippen molar-refractivity contribution in [3.8, 4) is 11.5 Å². The standard InChI is InChI=1S/C29H29N3O7/c1-37-24-12-8-21(9-13-24)29(20-6-4-3-5-7-20,22-10-14-25(38-2)15-11-22)39-19-23(33)18-32-26(31-28(35)36)16-17-30-27(32)34/h3-17,23,31,33H,18-19H2,1-2H3,(H,35,36)/t23-/m0/s1. The van der Waals surface area contributed by atoms with E-state index in [0.29, 0.717) is 11.5 Å². The SMILES string of the molecule is COc1ccc(C(OC[C@@H](O)Cn2c(NC(=O)O)ccnc2=O)(c2ccccc2)c2ccc(OC)cc2)cc1. The van der Waals surface area contributed by atoms with E-state index in [2.05, 4.69) is 10.3 Å². The number of carbonyl (C=O) groups is 1. The maximum absolute atomic E-state index is 12.4. The van der Waals surface area contributed by atoms with Gasteiger partial charge in [-0.3, -0.25) is 9.88 Å². The smallest absolute Gasteiger partial charge is 0.410 e. The number of nitrogens with zero attached hydrogens (tertiary/aromatic N) is 2. The van der Waals surface area contributed by atoms with Gasteiger partial charge in [-0.05, 0) is 47.0 Å². The largest absolute Gasteiger partial charge is 0.497 e. The van der Waals surface area contributed by atoms with E-state index in [1.54, 1.807) is 14.2 Å². The topological polar surface area (TPSA) is 132 Å². The number of aliphatic hydroxyl groups is 1. The summed E-state index contributed by atoms with van der Waals surface area (Å²) in [6.45, 7) is -0.459. The number of anilines is 1. The molecule has 0 saturated carbocycles. The molecule has 202 valence electrons. The minimum absolute atomic E-state index is 0.0128. The maximum Gasteiger partial charge on any atom is 0.410 e. The van der Waals surface area contributed by atoms with Crippen molar-refractivity contribution in [2.45, 2.75) is 18.2 Å². The number of hydrogen-bond donors (Lipinski definition) is 3. The molecule has 0 aliphatic rings. The van der Waals surface area contributed by atoms with Crippen molar-refractivity contribution in [2.75, 3.05) is 26.1 Å². The number of ether oxygens (including phenoxy) is 3. The third-order valence-corrected chi connectivity index (χ3v) is 6.23. The Morgan fingerprint density at radius 1 is 0.897 bits per heavy atom. The maximum atomic E-state index is 12.4. The number of amides is 1. The molecule has 10 heteroatoms. The van der Waals surface area contributed by atoms with Gasteiger partial charge in [0.1, 0.15) is 22.9 Å². The van der Waals surface area contributed by atoms with Gasteiger partial charge in [-0.2, -0.15) is 0 Å². The Morgan fingerprint density at radius 3 is 1.95 bits per heavy atom. The van der Waals surface area contributed by atoms with Gasteiger partial charge < -0.3 is 24.4 Å². The van der Waals surface area contributed by atoms with Crippen LogP contribution >= 0.6 is 0 Å². The van der Waals surface area contributed by atoms with E-state index in [1.165, 1.54) is 12.3 Å². The molecule has 4 rings (SSSR count). The average Bonchev–Trinajstić information content (AvgIpc) is 2.96. The van der Waals surface area contributed by atoms with Crippen LogP contribution in [0.2, 0.25) is 0 Å². The molecule has 0 spiro atoms. The number of methoxy groups -OCH3 is 2. The van der Waals surface area contributed by atoms with Crippen LogP contribution in [-0.4, -0.2) is 52.8 Å². The van der Waals surface area contributed by atoms with Gasteiger partial charge in [0.25, 0.3) is 0 Å². The Bertz CT molecular complexity index is 1390. The first-order valence-corrected chi connectivity index (χ1v) is 12.1. The number of hydrogen-bond acceptors (Lipinski definition) is 7. The van der Waals surface area contributed by atoms with Gasteiger partial charge in [0.05, 0.1) is 33.5 Å². The highest BCUT2D eigenvalue weighted by molar-refractivity contribution is 5.81. The minimum atomic E-state index is -1.35. The summed E-state index contributed by atoms with van der Waals surface area (Å²) in [6.07, 6.45) is -1.34. The molecule has 3 aromatic carbocycles. The van der Waals surface area contributed by atoms with Crippen molar-refractivity contribution in [1.82, 2.24) is 9.55 Å². The lowest BCUT2D eigenvalue weighted by molar-refractivity contribution is -0.0425. The number of aliphatic hydroxyl groups excluding tert-OH is 1. The van der Waals surface area contributed by atoms with Crippen molar-refractivity contribution in [3.05, 3.63) is 118 Å². The first-order chi connectivity index (χ1) is 18.9. The Morgan fingerprint density at radius 2 is 1.44 bits per heavy atom. The summed E-state index contributed by atoms with van der Waals surface area (Å²) in [5, 5.41) is 22.3. The predicted octanol–water partition coefficient (Wildman–Crippen LogP) is 3.72. The van der Waals surface area contributed by atoms with Gasteiger partial charge in [0.2, 0.25) is 0 Å². The summed E-state index contributed by atoms with van der Waals surface area (Å²) in [6, 6.07) is 25.8. The first-order valence-electron chi connectivity index (χ1n) is 12.1. The van der Waals surface area contributed by atoms with Gasteiger partial charge in [0.15, 0.2) is 0 Å². The average molecular weight is 532 g/mol. The molecule has 39 heavy (non-hydrogen) atoms. The number of benzene rings is 3.